The predicted molar refractivity (Wildman–Crippen MR) is 111 cm³/mol. The molecule has 30 heavy (non-hydrogen) atoms. The number of anilines is 1. The van der Waals surface area contributed by atoms with Crippen molar-refractivity contribution in [1.82, 2.24) is 19.9 Å². The fourth-order valence-electron chi connectivity index (χ4n) is 3.88. The minimum Gasteiger partial charge on any atom is -0.349 e. The van der Waals surface area contributed by atoms with Crippen molar-refractivity contribution in [2.24, 2.45) is 5.92 Å². The zero-order valence-electron chi connectivity index (χ0n) is 16.4. The van der Waals surface area contributed by atoms with Gasteiger partial charge in [-0.15, -0.1) is 0 Å². The topological polar surface area (TPSA) is 79.6 Å². The van der Waals surface area contributed by atoms with E-state index < -0.39 is 5.82 Å². The Hall–Kier alpha value is -3.00. The average Bonchev–Trinajstić information content (AvgIpc) is 3.18. The van der Waals surface area contributed by atoms with Crippen molar-refractivity contribution >= 4 is 34.7 Å². The summed E-state index contributed by atoms with van der Waals surface area (Å²) in [6.45, 7) is 0. The summed E-state index contributed by atoms with van der Waals surface area (Å²) < 4.78 is 14.8. The van der Waals surface area contributed by atoms with E-state index in [1.54, 1.807) is 30.0 Å². The van der Waals surface area contributed by atoms with E-state index in [1.807, 2.05) is 0 Å². The summed E-state index contributed by atoms with van der Waals surface area (Å²) >= 11 is 6.08. The molecule has 2 amide bonds. The lowest BCUT2D eigenvalue weighted by atomic mass is 9.85. The van der Waals surface area contributed by atoms with Gasteiger partial charge in [-0.2, -0.15) is 5.10 Å². The van der Waals surface area contributed by atoms with Crippen LogP contribution in [0.3, 0.4) is 0 Å². The van der Waals surface area contributed by atoms with Crippen LogP contribution in [0.4, 0.5) is 10.1 Å². The summed E-state index contributed by atoms with van der Waals surface area (Å²) in [5, 5.41) is 7.37. The molecule has 9 heteroatoms. The van der Waals surface area contributed by atoms with Gasteiger partial charge in [-0.1, -0.05) is 11.6 Å². The molecular formula is C21H21ClFN5O2. The first-order valence-corrected chi connectivity index (χ1v) is 10.1. The Labute approximate surface area is 177 Å². The number of halogens is 2. The molecule has 1 aliphatic rings. The third-order valence-electron chi connectivity index (χ3n) is 5.54. The second kappa shape index (κ2) is 8.39. The van der Waals surface area contributed by atoms with Gasteiger partial charge in [-0.05, 0) is 49.9 Å². The highest BCUT2D eigenvalue weighted by atomic mass is 35.5. The van der Waals surface area contributed by atoms with E-state index in [9.17, 15) is 14.0 Å². The van der Waals surface area contributed by atoms with Gasteiger partial charge in [0.2, 0.25) is 5.91 Å². The normalized spacial score (nSPS) is 18.9. The van der Waals surface area contributed by atoms with Gasteiger partial charge in [0.25, 0.3) is 5.91 Å². The summed E-state index contributed by atoms with van der Waals surface area (Å²) in [6.07, 6.45) is 7.56. The van der Waals surface area contributed by atoms with Crippen molar-refractivity contribution in [1.29, 1.82) is 0 Å². The van der Waals surface area contributed by atoms with E-state index >= 15 is 0 Å². The van der Waals surface area contributed by atoms with Crippen molar-refractivity contribution in [2.45, 2.75) is 31.7 Å². The van der Waals surface area contributed by atoms with E-state index in [0.29, 0.717) is 42.6 Å². The number of benzene rings is 1. The molecule has 1 aromatic carbocycles. The molecule has 1 saturated carbocycles. The molecule has 0 aliphatic heterocycles. The molecule has 2 heterocycles. The largest absolute Gasteiger partial charge is 0.349 e. The Balaban J connectivity index is 1.35. The quantitative estimate of drug-likeness (QED) is 0.688. The van der Waals surface area contributed by atoms with Crippen LogP contribution in [0.2, 0.25) is 5.02 Å². The molecule has 4 rings (SSSR count). The van der Waals surface area contributed by atoms with Crippen molar-refractivity contribution in [3.63, 3.8) is 0 Å². The number of rotatable bonds is 4. The predicted octanol–water partition coefficient (Wildman–Crippen LogP) is 3.47. The zero-order chi connectivity index (χ0) is 21.3. The molecule has 1 N–H and O–H groups in total. The van der Waals surface area contributed by atoms with Crippen LogP contribution in [0, 0.1) is 11.7 Å². The SMILES string of the molecule is CN(C(=O)C1CCC(NC(=O)c2cnn3cccnc23)CC1)c1ccc(F)cc1Cl. The molecule has 3 aromatic rings. The van der Waals surface area contributed by atoms with Gasteiger partial charge in [0.1, 0.15) is 11.4 Å². The van der Waals surface area contributed by atoms with Crippen LogP contribution in [0.15, 0.2) is 42.9 Å². The van der Waals surface area contributed by atoms with Crippen molar-refractivity contribution in [2.75, 3.05) is 11.9 Å². The van der Waals surface area contributed by atoms with Crippen LogP contribution in [0.5, 0.6) is 0 Å². The fraction of sp³-hybridized carbons (Fsp3) is 0.333. The van der Waals surface area contributed by atoms with E-state index in [-0.39, 0.29) is 28.8 Å². The molecule has 0 unspecified atom stereocenters. The molecule has 156 valence electrons. The van der Waals surface area contributed by atoms with Gasteiger partial charge < -0.3 is 10.2 Å². The smallest absolute Gasteiger partial charge is 0.256 e. The van der Waals surface area contributed by atoms with Crippen LogP contribution in [-0.2, 0) is 4.79 Å². The average molecular weight is 430 g/mol. The summed E-state index contributed by atoms with van der Waals surface area (Å²) in [4.78, 5) is 31.2. The monoisotopic (exact) mass is 429 g/mol. The van der Waals surface area contributed by atoms with Crippen molar-refractivity contribution in [3.05, 3.63) is 59.3 Å². The lowest BCUT2D eigenvalue weighted by molar-refractivity contribution is -0.123. The zero-order valence-corrected chi connectivity index (χ0v) is 17.1. The molecular weight excluding hydrogens is 409 g/mol. The molecule has 0 saturated heterocycles. The molecule has 0 bridgehead atoms. The highest BCUT2D eigenvalue weighted by Crippen LogP contribution is 2.31. The molecule has 0 radical (unpaired) electrons. The minimum absolute atomic E-state index is 0.0140. The Morgan fingerprint density at radius 2 is 2.03 bits per heavy atom. The number of hydrogen-bond donors (Lipinski definition) is 1. The van der Waals surface area contributed by atoms with Gasteiger partial charge in [-0.25, -0.2) is 13.9 Å². The highest BCUT2D eigenvalue weighted by Gasteiger charge is 2.30. The van der Waals surface area contributed by atoms with E-state index in [2.05, 4.69) is 15.4 Å². The molecule has 2 aromatic heterocycles. The summed E-state index contributed by atoms with van der Waals surface area (Å²) in [7, 11) is 1.65. The highest BCUT2D eigenvalue weighted by molar-refractivity contribution is 6.33. The lowest BCUT2D eigenvalue weighted by Crippen LogP contribution is -2.41. The Morgan fingerprint density at radius 3 is 2.77 bits per heavy atom. The van der Waals surface area contributed by atoms with E-state index in [0.717, 1.165) is 0 Å². The van der Waals surface area contributed by atoms with E-state index in [1.165, 1.54) is 29.3 Å². The maximum Gasteiger partial charge on any atom is 0.256 e. The van der Waals surface area contributed by atoms with Crippen molar-refractivity contribution < 1.29 is 14.0 Å². The van der Waals surface area contributed by atoms with Crippen LogP contribution < -0.4 is 10.2 Å². The molecule has 1 aliphatic carbocycles. The van der Waals surface area contributed by atoms with Crippen LogP contribution in [0.1, 0.15) is 36.0 Å². The number of carbonyl (C=O) groups is 2. The fourth-order valence-corrected chi connectivity index (χ4v) is 4.18. The third-order valence-corrected chi connectivity index (χ3v) is 5.84. The lowest BCUT2D eigenvalue weighted by Gasteiger charge is -2.31. The molecule has 0 spiro atoms. The van der Waals surface area contributed by atoms with Crippen LogP contribution in [-0.4, -0.2) is 39.5 Å². The number of carbonyl (C=O) groups excluding carboxylic acids is 2. The van der Waals surface area contributed by atoms with Gasteiger partial charge in [0.05, 0.1) is 16.9 Å². The maximum absolute atomic E-state index is 13.3. The van der Waals surface area contributed by atoms with Crippen LogP contribution in [0.25, 0.3) is 5.65 Å². The minimum atomic E-state index is -0.442. The number of fused-ring (bicyclic) bond motifs is 1. The second-order valence-corrected chi connectivity index (χ2v) is 7.87. The summed E-state index contributed by atoms with van der Waals surface area (Å²) in [5.41, 5.74) is 1.43. The number of amides is 2. The first-order chi connectivity index (χ1) is 14.4. The van der Waals surface area contributed by atoms with Gasteiger partial charge in [0, 0.05) is 31.4 Å². The number of nitrogens with one attached hydrogen (secondary N) is 1. The number of hydrogen-bond acceptors (Lipinski definition) is 4. The van der Waals surface area contributed by atoms with Crippen molar-refractivity contribution in [3.8, 4) is 0 Å². The number of nitrogens with zero attached hydrogens (tertiary/aromatic N) is 4. The van der Waals surface area contributed by atoms with Gasteiger partial charge in [-0.3, -0.25) is 9.59 Å². The summed E-state index contributed by atoms with van der Waals surface area (Å²) in [6, 6.07) is 5.72. The van der Waals surface area contributed by atoms with E-state index in [4.69, 9.17) is 11.6 Å². The standard InChI is InChI=1S/C21H21ClFN5O2/c1-27(18-8-5-14(23)11-17(18)22)21(30)13-3-6-15(7-4-13)26-20(29)16-12-25-28-10-2-9-24-19(16)28/h2,5,8-13,15H,3-4,6-7H2,1H3,(H,26,29). The Kier molecular flexibility index (Phi) is 5.67. The maximum atomic E-state index is 13.3. The van der Waals surface area contributed by atoms with Crippen LogP contribution >= 0.6 is 11.6 Å². The van der Waals surface area contributed by atoms with Gasteiger partial charge in [0.15, 0.2) is 5.65 Å². The number of aromatic nitrogens is 3. The Bertz CT molecular complexity index is 1090. The second-order valence-electron chi connectivity index (χ2n) is 7.46. The molecule has 0 atom stereocenters. The molecule has 7 nitrogen and oxygen atoms in total. The Morgan fingerprint density at radius 1 is 1.27 bits per heavy atom. The third kappa shape index (κ3) is 4.00. The first-order valence-electron chi connectivity index (χ1n) is 9.76. The van der Waals surface area contributed by atoms with Gasteiger partial charge >= 0.3 is 0 Å². The summed E-state index contributed by atoms with van der Waals surface area (Å²) in [5.74, 6) is -0.876. The first kappa shape index (κ1) is 20.3. The molecule has 1 fully saturated rings.